The van der Waals surface area contributed by atoms with Crippen LogP contribution in [0.25, 0.3) is 0 Å². The lowest BCUT2D eigenvalue weighted by atomic mass is 10.1. The molecule has 0 radical (unpaired) electrons. The second-order valence-corrected chi connectivity index (χ2v) is 9.25. The number of non-ortho nitro benzene ring substituents is 1. The van der Waals surface area contributed by atoms with Gasteiger partial charge < -0.3 is 10.6 Å². The number of nitrogens with one attached hydrogen (secondary N) is 3. The number of para-hydroxylation sites is 1. The van der Waals surface area contributed by atoms with Gasteiger partial charge in [0.15, 0.2) is 0 Å². The summed E-state index contributed by atoms with van der Waals surface area (Å²) >= 11 is 0. The van der Waals surface area contributed by atoms with Gasteiger partial charge in [-0.1, -0.05) is 18.2 Å². The zero-order chi connectivity index (χ0) is 24.9. The number of carbonyl (C=O) groups excluding carboxylic acids is 2. The van der Waals surface area contributed by atoms with Gasteiger partial charge in [0, 0.05) is 29.4 Å². The molecule has 0 bridgehead atoms. The van der Waals surface area contributed by atoms with Crippen molar-refractivity contribution in [3.63, 3.8) is 0 Å². The monoisotopic (exact) mass is 482 g/mol. The Kier molecular flexibility index (Phi) is 7.27. The van der Waals surface area contributed by atoms with Gasteiger partial charge in [-0.3, -0.25) is 24.4 Å². The molecular weight excluding hydrogens is 460 g/mol. The highest BCUT2D eigenvalue weighted by atomic mass is 32.2. The van der Waals surface area contributed by atoms with E-state index in [-0.39, 0.29) is 33.8 Å². The van der Waals surface area contributed by atoms with Crippen LogP contribution in [0.15, 0.2) is 77.7 Å². The smallest absolute Gasteiger partial charge is 0.270 e. The van der Waals surface area contributed by atoms with Crippen LogP contribution in [0.2, 0.25) is 0 Å². The number of anilines is 2. The van der Waals surface area contributed by atoms with Gasteiger partial charge in [0.05, 0.1) is 21.1 Å². The number of hydrogen-bond donors (Lipinski definition) is 3. The Bertz CT molecular complexity index is 1340. The van der Waals surface area contributed by atoms with Crippen molar-refractivity contribution in [3.8, 4) is 0 Å². The van der Waals surface area contributed by atoms with Crippen molar-refractivity contribution in [1.82, 2.24) is 5.32 Å². The zero-order valence-electron chi connectivity index (χ0n) is 18.3. The maximum atomic E-state index is 12.9. The lowest BCUT2D eigenvalue weighted by Crippen LogP contribution is -2.30. The molecule has 3 rings (SSSR count). The Labute approximate surface area is 196 Å². The Morgan fingerprint density at radius 1 is 0.912 bits per heavy atom. The number of sulfonamides is 1. The fourth-order valence-electron chi connectivity index (χ4n) is 2.99. The summed E-state index contributed by atoms with van der Waals surface area (Å²) < 4.78 is 27.9. The Balaban J connectivity index is 1.80. The number of nitro benzene ring substituents is 1. The minimum absolute atomic E-state index is 0.000521. The molecule has 0 unspecified atom stereocenters. The standard InChI is InChI=1S/C23H22N4O6S/c1-15(2)24-22(28)16-10-12-17(13-11-16)25-23(29)20-8-3-4-9-21(20)26-34(32,33)19-7-5-6-18(14-19)27(30)31/h3-15,26H,1-2H3,(H,24,28)(H,25,29). The van der Waals surface area contributed by atoms with Crippen LogP contribution in [0.3, 0.4) is 0 Å². The van der Waals surface area contributed by atoms with Gasteiger partial charge in [0.2, 0.25) is 0 Å². The Hall–Kier alpha value is -4.25. The summed E-state index contributed by atoms with van der Waals surface area (Å²) in [4.78, 5) is 34.9. The molecule has 2 amide bonds. The molecule has 0 saturated heterocycles. The van der Waals surface area contributed by atoms with Crippen molar-refractivity contribution >= 4 is 38.9 Å². The quantitative estimate of drug-likeness (QED) is 0.329. The molecule has 0 aromatic heterocycles. The minimum Gasteiger partial charge on any atom is -0.350 e. The van der Waals surface area contributed by atoms with Crippen LogP contribution in [-0.2, 0) is 10.0 Å². The molecule has 0 aliphatic heterocycles. The molecule has 176 valence electrons. The summed E-state index contributed by atoms with van der Waals surface area (Å²) in [7, 11) is -4.20. The second-order valence-electron chi connectivity index (χ2n) is 7.57. The van der Waals surface area contributed by atoms with Crippen LogP contribution in [0.5, 0.6) is 0 Å². The first-order valence-electron chi connectivity index (χ1n) is 10.2. The number of amides is 2. The van der Waals surface area contributed by atoms with E-state index in [1.165, 1.54) is 30.3 Å². The zero-order valence-corrected chi connectivity index (χ0v) is 19.1. The van der Waals surface area contributed by atoms with Crippen LogP contribution in [0.4, 0.5) is 17.1 Å². The average molecular weight is 483 g/mol. The number of nitro groups is 1. The largest absolute Gasteiger partial charge is 0.350 e. The minimum atomic E-state index is -4.20. The van der Waals surface area contributed by atoms with Crippen molar-refractivity contribution in [1.29, 1.82) is 0 Å². The predicted molar refractivity (Wildman–Crippen MR) is 127 cm³/mol. The van der Waals surface area contributed by atoms with Crippen LogP contribution >= 0.6 is 0 Å². The third kappa shape index (κ3) is 5.95. The molecule has 11 heteroatoms. The topological polar surface area (TPSA) is 148 Å². The normalized spacial score (nSPS) is 11.0. The maximum absolute atomic E-state index is 12.9. The van der Waals surface area contributed by atoms with Crippen molar-refractivity contribution in [2.75, 3.05) is 10.0 Å². The van der Waals surface area contributed by atoms with Crippen LogP contribution < -0.4 is 15.4 Å². The lowest BCUT2D eigenvalue weighted by Gasteiger charge is -2.13. The molecular formula is C23H22N4O6S. The maximum Gasteiger partial charge on any atom is 0.270 e. The SMILES string of the molecule is CC(C)NC(=O)c1ccc(NC(=O)c2ccccc2NS(=O)(=O)c2cccc([N+](=O)[O-])c2)cc1. The van der Waals surface area contributed by atoms with Gasteiger partial charge in [0.25, 0.3) is 27.5 Å². The fourth-order valence-corrected chi connectivity index (χ4v) is 4.11. The fraction of sp³-hybridized carbons (Fsp3) is 0.130. The molecule has 0 spiro atoms. The summed E-state index contributed by atoms with van der Waals surface area (Å²) in [5.74, 6) is -0.828. The van der Waals surface area contributed by atoms with Gasteiger partial charge in [-0.15, -0.1) is 0 Å². The number of hydrogen-bond acceptors (Lipinski definition) is 6. The van der Waals surface area contributed by atoms with E-state index in [0.717, 1.165) is 6.07 Å². The molecule has 3 N–H and O–H groups in total. The van der Waals surface area contributed by atoms with E-state index in [2.05, 4.69) is 15.4 Å². The van der Waals surface area contributed by atoms with Gasteiger partial charge in [-0.05, 0) is 56.3 Å². The predicted octanol–water partition coefficient (Wildman–Crippen LogP) is 3.79. The van der Waals surface area contributed by atoms with E-state index in [1.54, 1.807) is 36.4 Å². The molecule has 0 fully saturated rings. The molecule has 10 nitrogen and oxygen atoms in total. The molecule has 34 heavy (non-hydrogen) atoms. The number of benzene rings is 3. The first kappa shape index (κ1) is 24.4. The highest BCUT2D eigenvalue weighted by molar-refractivity contribution is 7.92. The van der Waals surface area contributed by atoms with E-state index in [4.69, 9.17) is 0 Å². The van der Waals surface area contributed by atoms with Crippen LogP contribution in [0.1, 0.15) is 34.6 Å². The Morgan fingerprint density at radius 2 is 1.59 bits per heavy atom. The highest BCUT2D eigenvalue weighted by Gasteiger charge is 2.21. The lowest BCUT2D eigenvalue weighted by molar-refractivity contribution is -0.385. The average Bonchev–Trinajstić information content (AvgIpc) is 2.79. The highest BCUT2D eigenvalue weighted by Crippen LogP contribution is 2.23. The number of carbonyl (C=O) groups is 2. The molecule has 0 aliphatic rings. The van der Waals surface area contributed by atoms with E-state index >= 15 is 0 Å². The third-order valence-electron chi connectivity index (χ3n) is 4.58. The first-order chi connectivity index (χ1) is 16.1. The van der Waals surface area contributed by atoms with E-state index in [9.17, 15) is 28.1 Å². The van der Waals surface area contributed by atoms with Gasteiger partial charge in [-0.2, -0.15) is 0 Å². The van der Waals surface area contributed by atoms with Crippen LogP contribution in [0, 0.1) is 10.1 Å². The molecule has 0 heterocycles. The molecule has 0 atom stereocenters. The van der Waals surface area contributed by atoms with E-state index in [0.29, 0.717) is 11.3 Å². The van der Waals surface area contributed by atoms with Gasteiger partial charge in [-0.25, -0.2) is 8.42 Å². The molecule has 0 saturated carbocycles. The number of rotatable bonds is 8. The van der Waals surface area contributed by atoms with Crippen molar-refractivity contribution < 1.29 is 22.9 Å². The van der Waals surface area contributed by atoms with Crippen molar-refractivity contribution in [2.24, 2.45) is 0 Å². The van der Waals surface area contributed by atoms with E-state index in [1.807, 2.05) is 13.8 Å². The summed E-state index contributed by atoms with van der Waals surface area (Å²) in [5.41, 5.74) is 0.497. The van der Waals surface area contributed by atoms with Gasteiger partial charge in [0.1, 0.15) is 0 Å². The number of nitrogens with zero attached hydrogens (tertiary/aromatic N) is 1. The van der Waals surface area contributed by atoms with Gasteiger partial charge >= 0.3 is 0 Å². The Morgan fingerprint density at radius 3 is 2.24 bits per heavy atom. The molecule has 3 aromatic rings. The summed E-state index contributed by atoms with van der Waals surface area (Å²) in [6.07, 6.45) is 0. The summed E-state index contributed by atoms with van der Waals surface area (Å²) in [6.45, 7) is 3.69. The molecule has 3 aromatic carbocycles. The second kappa shape index (κ2) is 10.1. The van der Waals surface area contributed by atoms with Crippen molar-refractivity contribution in [2.45, 2.75) is 24.8 Å². The third-order valence-corrected chi connectivity index (χ3v) is 5.94. The molecule has 0 aliphatic carbocycles. The summed E-state index contributed by atoms with van der Waals surface area (Å²) in [6, 6.07) is 16.8. The van der Waals surface area contributed by atoms with Crippen molar-refractivity contribution in [3.05, 3.63) is 94.0 Å². The first-order valence-corrected chi connectivity index (χ1v) is 11.6. The van der Waals surface area contributed by atoms with E-state index < -0.39 is 20.9 Å². The van der Waals surface area contributed by atoms with Crippen LogP contribution in [-0.4, -0.2) is 31.2 Å². The summed E-state index contributed by atoms with van der Waals surface area (Å²) in [5, 5.41) is 16.4.